The molecule has 228 valence electrons. The van der Waals surface area contributed by atoms with Gasteiger partial charge in [-0.2, -0.15) is 0 Å². The monoisotopic (exact) mass is 616 g/mol. The summed E-state index contributed by atoms with van der Waals surface area (Å²) in [6.07, 6.45) is 10.9. The van der Waals surface area contributed by atoms with E-state index in [1.54, 1.807) is 0 Å². The standard InChI is InChI=1S/C46H32O2/c1-3-10-33-27(2)47-43-26-39-30(24-40(33)43)20-22-41-46(39)38-21-19-32(25-42(38)48-41)45-36-15-8-6-13-34(36)44(35-14-7-9-16-37(35)45)31-18-17-28-11-4-5-12-29(28)23-31/h3-4,6-11,13-26H,5,12H2,1-2H3/b10-3-. The molecular weight excluding hydrogens is 585 g/mol. The molecule has 0 unspecified atom stereocenters. The van der Waals surface area contributed by atoms with Crippen molar-refractivity contribution in [2.24, 2.45) is 0 Å². The van der Waals surface area contributed by atoms with Gasteiger partial charge in [-0.15, -0.1) is 0 Å². The second-order valence-corrected chi connectivity index (χ2v) is 13.1. The van der Waals surface area contributed by atoms with Gasteiger partial charge in [-0.05, 0) is 123 Å². The Morgan fingerprint density at radius 3 is 2.00 bits per heavy atom. The highest BCUT2D eigenvalue weighted by atomic mass is 16.3. The van der Waals surface area contributed by atoms with Crippen molar-refractivity contribution < 1.29 is 8.83 Å². The number of rotatable bonds is 3. The van der Waals surface area contributed by atoms with Gasteiger partial charge in [0.15, 0.2) is 0 Å². The minimum absolute atomic E-state index is 0.887. The van der Waals surface area contributed by atoms with Gasteiger partial charge >= 0.3 is 0 Å². The minimum atomic E-state index is 0.887. The van der Waals surface area contributed by atoms with Gasteiger partial charge < -0.3 is 8.83 Å². The van der Waals surface area contributed by atoms with Crippen LogP contribution in [0.5, 0.6) is 0 Å². The van der Waals surface area contributed by atoms with Gasteiger partial charge in [0.1, 0.15) is 22.5 Å². The lowest BCUT2D eigenvalue weighted by atomic mass is 9.84. The van der Waals surface area contributed by atoms with E-state index in [2.05, 4.69) is 133 Å². The lowest BCUT2D eigenvalue weighted by Gasteiger charge is -2.19. The van der Waals surface area contributed by atoms with Crippen LogP contribution >= 0.6 is 0 Å². The van der Waals surface area contributed by atoms with E-state index in [9.17, 15) is 0 Å². The van der Waals surface area contributed by atoms with Gasteiger partial charge in [0.05, 0.1) is 0 Å². The van der Waals surface area contributed by atoms with Crippen molar-refractivity contribution in [2.45, 2.75) is 26.7 Å². The van der Waals surface area contributed by atoms with E-state index in [0.29, 0.717) is 0 Å². The van der Waals surface area contributed by atoms with Crippen molar-refractivity contribution in [1.29, 1.82) is 0 Å². The second kappa shape index (κ2) is 10.3. The van der Waals surface area contributed by atoms with E-state index in [4.69, 9.17) is 8.83 Å². The Balaban J connectivity index is 1.21. The van der Waals surface area contributed by atoms with Gasteiger partial charge in [0, 0.05) is 21.7 Å². The SMILES string of the molecule is C/C=C\c1c(C)oc2cc3c(ccc4oc5cc(-c6c7ccccc7c(-c7ccc8c(c7)CCC=C8)c7ccccc67)ccc5c43)cc12. The molecule has 0 amide bonds. The molecule has 0 saturated heterocycles. The maximum absolute atomic E-state index is 6.62. The van der Waals surface area contributed by atoms with E-state index < -0.39 is 0 Å². The molecule has 10 rings (SSSR count). The fraction of sp³-hybridized carbons (Fsp3) is 0.0870. The largest absolute Gasteiger partial charge is 0.461 e. The van der Waals surface area contributed by atoms with Gasteiger partial charge in [-0.25, -0.2) is 0 Å². The summed E-state index contributed by atoms with van der Waals surface area (Å²) in [5.41, 5.74) is 11.6. The first-order valence-electron chi connectivity index (χ1n) is 16.8. The number of allylic oxidation sites excluding steroid dienone is 2. The summed E-state index contributed by atoms with van der Waals surface area (Å²) in [6, 6.07) is 40.2. The van der Waals surface area contributed by atoms with Crippen LogP contribution in [0.25, 0.3) is 99.6 Å². The predicted octanol–water partition coefficient (Wildman–Crippen LogP) is 13.4. The zero-order chi connectivity index (χ0) is 31.9. The summed E-state index contributed by atoms with van der Waals surface area (Å²) < 4.78 is 12.9. The van der Waals surface area contributed by atoms with Gasteiger partial charge in [0.2, 0.25) is 0 Å². The third-order valence-electron chi connectivity index (χ3n) is 10.3. The van der Waals surface area contributed by atoms with Crippen LogP contribution in [-0.4, -0.2) is 0 Å². The van der Waals surface area contributed by atoms with Crippen molar-refractivity contribution in [3.8, 4) is 22.3 Å². The van der Waals surface area contributed by atoms with E-state index >= 15 is 0 Å². The van der Waals surface area contributed by atoms with Crippen LogP contribution in [0.3, 0.4) is 0 Å². The highest BCUT2D eigenvalue weighted by Gasteiger charge is 2.20. The van der Waals surface area contributed by atoms with Crippen LogP contribution in [0.1, 0.15) is 35.8 Å². The summed E-state index contributed by atoms with van der Waals surface area (Å²) in [6.45, 7) is 4.08. The Kier molecular flexibility index (Phi) is 5.86. The molecule has 0 fully saturated rings. The van der Waals surface area contributed by atoms with Crippen molar-refractivity contribution in [2.75, 3.05) is 0 Å². The smallest absolute Gasteiger partial charge is 0.136 e. The Hall–Kier alpha value is -5.86. The van der Waals surface area contributed by atoms with Crippen LogP contribution in [0.15, 0.2) is 130 Å². The molecule has 0 atom stereocenters. The van der Waals surface area contributed by atoms with E-state index in [0.717, 1.165) is 68.0 Å². The number of hydrogen-bond donors (Lipinski definition) is 0. The molecule has 9 aromatic rings. The molecule has 0 aliphatic heterocycles. The quantitative estimate of drug-likeness (QED) is 0.185. The molecular formula is C46H32O2. The van der Waals surface area contributed by atoms with Gasteiger partial charge in [-0.3, -0.25) is 0 Å². The summed E-state index contributed by atoms with van der Waals surface area (Å²) >= 11 is 0. The molecule has 0 spiro atoms. The lowest BCUT2D eigenvalue weighted by Crippen LogP contribution is -1.96. The van der Waals surface area contributed by atoms with Crippen LogP contribution in [0.2, 0.25) is 0 Å². The number of aryl methyl sites for hydroxylation is 2. The Bertz CT molecular complexity index is 2800. The molecule has 0 N–H and O–H groups in total. The third kappa shape index (κ3) is 3.93. The summed E-state index contributed by atoms with van der Waals surface area (Å²) in [5, 5.41) is 10.7. The number of fused-ring (bicyclic) bond motifs is 9. The molecule has 2 nitrogen and oxygen atoms in total. The second-order valence-electron chi connectivity index (χ2n) is 13.1. The molecule has 1 aliphatic carbocycles. The minimum Gasteiger partial charge on any atom is -0.461 e. The summed E-state index contributed by atoms with van der Waals surface area (Å²) in [4.78, 5) is 0. The molecule has 0 saturated carbocycles. The number of hydrogen-bond acceptors (Lipinski definition) is 2. The maximum atomic E-state index is 6.62. The highest BCUT2D eigenvalue weighted by molar-refractivity contribution is 6.24. The zero-order valence-corrected chi connectivity index (χ0v) is 26.9. The average molecular weight is 617 g/mol. The molecule has 7 aromatic carbocycles. The van der Waals surface area contributed by atoms with Crippen LogP contribution in [0, 0.1) is 6.92 Å². The number of benzene rings is 7. The summed E-state index contributed by atoms with van der Waals surface area (Å²) in [5.74, 6) is 0.936. The van der Waals surface area contributed by atoms with Crippen molar-refractivity contribution in [1.82, 2.24) is 0 Å². The van der Waals surface area contributed by atoms with Crippen LogP contribution in [0.4, 0.5) is 0 Å². The Labute approximate surface area is 278 Å². The maximum Gasteiger partial charge on any atom is 0.136 e. The lowest BCUT2D eigenvalue weighted by molar-refractivity contribution is 0.578. The normalized spacial score (nSPS) is 13.3. The Morgan fingerprint density at radius 1 is 0.583 bits per heavy atom. The van der Waals surface area contributed by atoms with Crippen molar-refractivity contribution >= 4 is 77.4 Å². The predicted molar refractivity (Wildman–Crippen MR) is 204 cm³/mol. The first kappa shape index (κ1) is 27.3. The Morgan fingerprint density at radius 2 is 1.27 bits per heavy atom. The molecule has 2 heteroatoms. The average Bonchev–Trinajstić information content (AvgIpc) is 3.65. The van der Waals surface area contributed by atoms with Crippen LogP contribution < -0.4 is 0 Å². The van der Waals surface area contributed by atoms with Crippen LogP contribution in [-0.2, 0) is 6.42 Å². The van der Waals surface area contributed by atoms with E-state index in [-0.39, 0.29) is 0 Å². The number of furan rings is 2. The topological polar surface area (TPSA) is 26.3 Å². The molecule has 2 heterocycles. The molecule has 1 aliphatic rings. The molecule has 48 heavy (non-hydrogen) atoms. The summed E-state index contributed by atoms with van der Waals surface area (Å²) in [7, 11) is 0. The molecule has 0 radical (unpaired) electrons. The highest BCUT2D eigenvalue weighted by Crippen LogP contribution is 2.46. The van der Waals surface area contributed by atoms with Crippen molar-refractivity contribution in [3.05, 3.63) is 144 Å². The first-order chi connectivity index (χ1) is 23.7. The molecule has 0 bridgehead atoms. The fourth-order valence-electron chi connectivity index (χ4n) is 8.20. The zero-order valence-electron chi connectivity index (χ0n) is 26.9. The van der Waals surface area contributed by atoms with E-state index in [1.165, 1.54) is 54.7 Å². The van der Waals surface area contributed by atoms with E-state index in [1.807, 2.05) is 13.8 Å². The first-order valence-corrected chi connectivity index (χ1v) is 16.8. The van der Waals surface area contributed by atoms with Gasteiger partial charge in [0.25, 0.3) is 0 Å². The fourth-order valence-corrected chi connectivity index (χ4v) is 8.20. The van der Waals surface area contributed by atoms with Crippen molar-refractivity contribution in [3.63, 3.8) is 0 Å². The third-order valence-corrected chi connectivity index (χ3v) is 10.3. The molecule has 2 aromatic heterocycles. The van der Waals surface area contributed by atoms with Gasteiger partial charge in [-0.1, -0.05) is 103 Å².